The van der Waals surface area contributed by atoms with E-state index in [4.69, 9.17) is 4.74 Å². The van der Waals surface area contributed by atoms with Crippen LogP contribution >= 0.6 is 0 Å². The molecule has 3 aromatic rings. The molecular formula is C21H17NO. The maximum atomic E-state index is 6.04. The van der Waals surface area contributed by atoms with Crippen molar-refractivity contribution in [3.63, 3.8) is 0 Å². The van der Waals surface area contributed by atoms with Gasteiger partial charge in [0.05, 0.1) is 11.4 Å². The maximum absolute atomic E-state index is 6.04. The SMILES string of the molecule is C/C=C/c1ccc(N2c3ccccc3Oc3ccccc32)cc1. The Balaban J connectivity index is 1.87. The number of anilines is 3. The number of rotatable bonds is 2. The van der Waals surface area contributed by atoms with Crippen LogP contribution in [-0.2, 0) is 0 Å². The van der Waals surface area contributed by atoms with Crippen molar-refractivity contribution >= 4 is 23.1 Å². The summed E-state index contributed by atoms with van der Waals surface area (Å²) in [5, 5.41) is 0. The van der Waals surface area contributed by atoms with E-state index in [1.165, 1.54) is 5.56 Å². The Hall–Kier alpha value is -3.00. The molecule has 0 saturated carbocycles. The quantitative estimate of drug-likeness (QED) is 0.431. The number of nitrogens with zero attached hydrogens (tertiary/aromatic N) is 1. The topological polar surface area (TPSA) is 12.5 Å². The molecule has 1 aliphatic rings. The lowest BCUT2D eigenvalue weighted by Gasteiger charge is -2.32. The molecule has 0 N–H and O–H groups in total. The fourth-order valence-corrected chi connectivity index (χ4v) is 2.91. The fraction of sp³-hybridized carbons (Fsp3) is 0.0476. The van der Waals surface area contributed by atoms with Gasteiger partial charge in [-0.2, -0.15) is 0 Å². The highest BCUT2D eigenvalue weighted by Crippen LogP contribution is 2.49. The largest absolute Gasteiger partial charge is 0.453 e. The van der Waals surface area contributed by atoms with E-state index in [0.29, 0.717) is 0 Å². The zero-order chi connectivity index (χ0) is 15.6. The van der Waals surface area contributed by atoms with Crippen molar-refractivity contribution < 1.29 is 4.74 Å². The minimum absolute atomic E-state index is 0.878. The lowest BCUT2D eigenvalue weighted by Crippen LogP contribution is -2.15. The molecule has 0 radical (unpaired) electrons. The Morgan fingerprint density at radius 3 is 1.87 bits per heavy atom. The van der Waals surface area contributed by atoms with Crippen molar-refractivity contribution in [2.45, 2.75) is 6.92 Å². The molecule has 0 aromatic heterocycles. The molecule has 0 aliphatic carbocycles. The van der Waals surface area contributed by atoms with Gasteiger partial charge in [-0.3, -0.25) is 0 Å². The standard InChI is InChI=1S/C21H17NO/c1-2-7-16-12-14-17(15-13-16)22-18-8-3-5-10-20(18)23-21-11-6-4-9-19(21)22/h2-15H,1H3/b7-2+. The van der Waals surface area contributed by atoms with Crippen molar-refractivity contribution in [3.05, 3.63) is 84.4 Å². The van der Waals surface area contributed by atoms with Gasteiger partial charge in [-0.05, 0) is 48.9 Å². The van der Waals surface area contributed by atoms with Gasteiger partial charge in [0.2, 0.25) is 0 Å². The number of hydrogen-bond acceptors (Lipinski definition) is 2. The van der Waals surface area contributed by atoms with Crippen LogP contribution in [0.2, 0.25) is 0 Å². The predicted octanol–water partition coefficient (Wildman–Crippen LogP) is 6.30. The van der Waals surface area contributed by atoms with E-state index in [0.717, 1.165) is 28.6 Å². The third kappa shape index (κ3) is 2.38. The van der Waals surface area contributed by atoms with Crippen LogP contribution in [0.5, 0.6) is 11.5 Å². The number of hydrogen-bond donors (Lipinski definition) is 0. The minimum Gasteiger partial charge on any atom is -0.453 e. The molecule has 2 heteroatoms. The number of allylic oxidation sites excluding steroid dienone is 1. The lowest BCUT2D eigenvalue weighted by atomic mass is 10.1. The first-order valence-electron chi connectivity index (χ1n) is 7.75. The van der Waals surface area contributed by atoms with Crippen LogP contribution in [0.4, 0.5) is 17.1 Å². The summed E-state index contributed by atoms with van der Waals surface area (Å²) in [6.07, 6.45) is 4.15. The highest BCUT2D eigenvalue weighted by molar-refractivity contribution is 5.86. The average molecular weight is 299 g/mol. The second kappa shape index (κ2) is 5.65. The summed E-state index contributed by atoms with van der Waals surface area (Å²) >= 11 is 0. The van der Waals surface area contributed by atoms with Gasteiger partial charge in [-0.1, -0.05) is 48.6 Å². The fourth-order valence-electron chi connectivity index (χ4n) is 2.91. The summed E-state index contributed by atoms with van der Waals surface area (Å²) in [5.41, 5.74) is 4.45. The monoisotopic (exact) mass is 299 g/mol. The molecule has 112 valence electrons. The molecular weight excluding hydrogens is 282 g/mol. The summed E-state index contributed by atoms with van der Waals surface area (Å²) in [6, 6.07) is 24.8. The second-order valence-corrected chi connectivity index (χ2v) is 5.46. The van der Waals surface area contributed by atoms with Gasteiger partial charge >= 0.3 is 0 Å². The molecule has 0 spiro atoms. The molecule has 0 bridgehead atoms. The first kappa shape index (κ1) is 13.6. The molecule has 2 nitrogen and oxygen atoms in total. The van der Waals surface area contributed by atoms with E-state index in [-0.39, 0.29) is 0 Å². The maximum Gasteiger partial charge on any atom is 0.151 e. The Kier molecular flexibility index (Phi) is 3.35. The Labute approximate surface area is 136 Å². The van der Waals surface area contributed by atoms with Gasteiger partial charge in [0.15, 0.2) is 11.5 Å². The van der Waals surface area contributed by atoms with Crippen molar-refractivity contribution in [1.29, 1.82) is 0 Å². The smallest absolute Gasteiger partial charge is 0.151 e. The van der Waals surface area contributed by atoms with Crippen LogP contribution in [0.15, 0.2) is 78.9 Å². The summed E-state index contributed by atoms with van der Waals surface area (Å²) in [4.78, 5) is 2.24. The molecule has 1 aliphatic heterocycles. The van der Waals surface area contributed by atoms with Gasteiger partial charge in [-0.15, -0.1) is 0 Å². The highest BCUT2D eigenvalue weighted by Gasteiger charge is 2.24. The molecule has 0 atom stereocenters. The third-order valence-corrected chi connectivity index (χ3v) is 3.94. The minimum atomic E-state index is 0.878. The van der Waals surface area contributed by atoms with Crippen LogP contribution < -0.4 is 9.64 Å². The van der Waals surface area contributed by atoms with Gasteiger partial charge in [0.25, 0.3) is 0 Å². The third-order valence-electron chi connectivity index (χ3n) is 3.94. The molecule has 23 heavy (non-hydrogen) atoms. The van der Waals surface area contributed by atoms with Crippen molar-refractivity contribution in [2.75, 3.05) is 4.90 Å². The zero-order valence-electron chi connectivity index (χ0n) is 12.9. The van der Waals surface area contributed by atoms with Crippen LogP contribution in [0.1, 0.15) is 12.5 Å². The van der Waals surface area contributed by atoms with Gasteiger partial charge in [-0.25, -0.2) is 0 Å². The van der Waals surface area contributed by atoms with E-state index in [1.54, 1.807) is 0 Å². The number of benzene rings is 3. The highest BCUT2D eigenvalue weighted by atomic mass is 16.5. The van der Waals surface area contributed by atoms with Crippen molar-refractivity contribution in [3.8, 4) is 11.5 Å². The van der Waals surface area contributed by atoms with E-state index >= 15 is 0 Å². The average Bonchev–Trinajstić information content (AvgIpc) is 2.61. The van der Waals surface area contributed by atoms with E-state index in [2.05, 4.69) is 47.4 Å². The first-order chi connectivity index (χ1) is 11.4. The van der Waals surface area contributed by atoms with Crippen LogP contribution in [0.3, 0.4) is 0 Å². The lowest BCUT2D eigenvalue weighted by molar-refractivity contribution is 0.477. The van der Waals surface area contributed by atoms with Crippen LogP contribution in [0.25, 0.3) is 6.08 Å². The number of para-hydroxylation sites is 4. The van der Waals surface area contributed by atoms with Gasteiger partial charge in [0, 0.05) is 5.69 Å². The number of ether oxygens (including phenoxy) is 1. The van der Waals surface area contributed by atoms with E-state index in [1.807, 2.05) is 49.4 Å². The van der Waals surface area contributed by atoms with E-state index < -0.39 is 0 Å². The summed E-state index contributed by atoms with van der Waals surface area (Å²) in [5.74, 6) is 1.76. The summed E-state index contributed by atoms with van der Waals surface area (Å²) in [6.45, 7) is 2.03. The first-order valence-corrected chi connectivity index (χ1v) is 7.75. The van der Waals surface area contributed by atoms with Crippen LogP contribution in [0, 0.1) is 0 Å². The molecule has 0 unspecified atom stereocenters. The molecule has 0 amide bonds. The van der Waals surface area contributed by atoms with Crippen molar-refractivity contribution in [1.82, 2.24) is 0 Å². The molecule has 0 saturated heterocycles. The Morgan fingerprint density at radius 1 is 0.739 bits per heavy atom. The summed E-state index contributed by atoms with van der Waals surface area (Å²) < 4.78 is 6.04. The summed E-state index contributed by atoms with van der Waals surface area (Å²) in [7, 11) is 0. The molecule has 3 aromatic carbocycles. The zero-order valence-corrected chi connectivity index (χ0v) is 12.9. The normalized spacial score (nSPS) is 12.7. The van der Waals surface area contributed by atoms with Crippen molar-refractivity contribution in [2.24, 2.45) is 0 Å². The Bertz CT molecular complexity index is 820. The Morgan fingerprint density at radius 2 is 1.30 bits per heavy atom. The second-order valence-electron chi connectivity index (χ2n) is 5.46. The number of fused-ring (bicyclic) bond motifs is 2. The van der Waals surface area contributed by atoms with Gasteiger partial charge < -0.3 is 9.64 Å². The molecule has 1 heterocycles. The molecule has 4 rings (SSSR count). The predicted molar refractivity (Wildman–Crippen MR) is 95.9 cm³/mol. The van der Waals surface area contributed by atoms with E-state index in [9.17, 15) is 0 Å². The van der Waals surface area contributed by atoms with Gasteiger partial charge in [0.1, 0.15) is 0 Å². The van der Waals surface area contributed by atoms with Crippen LogP contribution in [-0.4, -0.2) is 0 Å². The molecule has 0 fully saturated rings.